The van der Waals surface area contributed by atoms with Gasteiger partial charge in [-0.15, -0.1) is 0 Å². The van der Waals surface area contributed by atoms with E-state index in [1.165, 1.54) is 4.90 Å². The normalized spacial score (nSPS) is 23.1. The fourth-order valence-corrected chi connectivity index (χ4v) is 6.92. The van der Waals surface area contributed by atoms with Crippen LogP contribution in [0.1, 0.15) is 62.0 Å². The van der Waals surface area contributed by atoms with Gasteiger partial charge in [0.15, 0.2) is 0 Å². The molecule has 3 fully saturated rings. The van der Waals surface area contributed by atoms with Crippen molar-refractivity contribution in [1.82, 2.24) is 10.2 Å². The zero-order valence-corrected chi connectivity index (χ0v) is 19.7. The molecular formula is C28H30N2O5. The van der Waals surface area contributed by atoms with Crippen molar-refractivity contribution in [3.05, 3.63) is 59.7 Å². The third-order valence-corrected chi connectivity index (χ3v) is 8.66. The molecule has 3 aliphatic carbocycles. The van der Waals surface area contributed by atoms with Crippen LogP contribution in [0.2, 0.25) is 0 Å². The summed E-state index contributed by atoms with van der Waals surface area (Å²) in [5, 5.41) is 12.5. The summed E-state index contributed by atoms with van der Waals surface area (Å²) in [6, 6.07) is 15.5. The van der Waals surface area contributed by atoms with Crippen LogP contribution in [0.4, 0.5) is 4.79 Å². The summed E-state index contributed by atoms with van der Waals surface area (Å²) >= 11 is 0. The standard InChI is InChI=1S/C28H30N2O5/c31-24(32)23-11-5-14-30(23)25(33)28(16-27(17-28)12-6-13-27)29-26(34)35-15-22-20-9-3-1-7-18(20)19-8-2-4-10-21(19)22/h1-4,7-10,22-23H,5-6,11-17H2,(H,29,34)(H,31,32)/t23-/m1/s1. The van der Waals surface area contributed by atoms with E-state index in [4.69, 9.17) is 4.74 Å². The Kier molecular flexibility index (Phi) is 5.13. The number of amides is 2. The molecule has 0 bridgehead atoms. The van der Waals surface area contributed by atoms with Gasteiger partial charge in [0, 0.05) is 12.5 Å². The zero-order valence-electron chi connectivity index (χ0n) is 19.7. The van der Waals surface area contributed by atoms with Crippen LogP contribution in [-0.4, -0.2) is 52.7 Å². The topological polar surface area (TPSA) is 95.9 Å². The van der Waals surface area contributed by atoms with Crippen LogP contribution in [0.15, 0.2) is 48.5 Å². The average molecular weight is 475 g/mol. The van der Waals surface area contributed by atoms with Crippen molar-refractivity contribution in [2.45, 2.75) is 62.4 Å². The molecule has 6 rings (SSSR count). The Morgan fingerprint density at radius 1 is 0.971 bits per heavy atom. The SMILES string of the molecule is O=C(NC1(C(=O)N2CCC[C@@H]2C(=O)O)CC2(CCC2)C1)OCC1c2ccccc2-c2ccccc21. The van der Waals surface area contributed by atoms with Gasteiger partial charge in [0.1, 0.15) is 18.2 Å². The Labute approximate surface area is 204 Å². The number of carboxylic acids is 1. The fourth-order valence-electron chi connectivity index (χ4n) is 6.92. The fraction of sp³-hybridized carbons (Fsp3) is 0.464. The second-order valence-electron chi connectivity index (χ2n) is 10.7. The monoisotopic (exact) mass is 474 g/mol. The summed E-state index contributed by atoms with van der Waals surface area (Å²) in [6.45, 7) is 0.591. The highest BCUT2D eigenvalue weighted by atomic mass is 16.5. The van der Waals surface area contributed by atoms with Crippen LogP contribution < -0.4 is 5.32 Å². The largest absolute Gasteiger partial charge is 0.480 e. The maximum Gasteiger partial charge on any atom is 0.408 e. The summed E-state index contributed by atoms with van der Waals surface area (Å²) in [6.07, 6.45) is 4.87. The van der Waals surface area contributed by atoms with Gasteiger partial charge >= 0.3 is 12.1 Å². The molecular weight excluding hydrogens is 444 g/mol. The minimum atomic E-state index is -1.07. The van der Waals surface area contributed by atoms with Crippen molar-refractivity contribution < 1.29 is 24.2 Å². The van der Waals surface area contributed by atoms with E-state index in [2.05, 4.69) is 29.6 Å². The molecule has 35 heavy (non-hydrogen) atoms. The number of likely N-dealkylation sites (tertiary alicyclic amines) is 1. The van der Waals surface area contributed by atoms with E-state index in [1.807, 2.05) is 24.3 Å². The number of carboxylic acid groups (broad SMARTS) is 1. The molecule has 7 heteroatoms. The number of nitrogens with zero attached hydrogens (tertiary/aromatic N) is 1. The number of hydrogen-bond donors (Lipinski definition) is 2. The van der Waals surface area contributed by atoms with Crippen LogP contribution in [0.5, 0.6) is 0 Å². The summed E-state index contributed by atoms with van der Waals surface area (Å²) < 4.78 is 5.74. The van der Waals surface area contributed by atoms with E-state index in [9.17, 15) is 19.5 Å². The first-order chi connectivity index (χ1) is 16.9. The van der Waals surface area contributed by atoms with E-state index < -0.39 is 23.6 Å². The molecule has 4 aliphatic rings. The Bertz CT molecular complexity index is 1150. The van der Waals surface area contributed by atoms with Gasteiger partial charge in [-0.25, -0.2) is 9.59 Å². The summed E-state index contributed by atoms with van der Waals surface area (Å²) in [5.41, 5.74) is 3.61. The Morgan fingerprint density at radius 2 is 1.60 bits per heavy atom. The van der Waals surface area contributed by atoms with Crippen molar-refractivity contribution in [3.63, 3.8) is 0 Å². The van der Waals surface area contributed by atoms with Crippen molar-refractivity contribution >= 4 is 18.0 Å². The molecule has 1 atom stereocenters. The lowest BCUT2D eigenvalue weighted by Crippen LogP contribution is -2.71. The molecule has 1 heterocycles. The predicted molar refractivity (Wildman–Crippen MR) is 129 cm³/mol. The number of aliphatic carboxylic acids is 1. The van der Waals surface area contributed by atoms with Gasteiger partial charge in [-0.05, 0) is 66.2 Å². The number of hydrogen-bond acceptors (Lipinski definition) is 4. The lowest BCUT2D eigenvalue weighted by molar-refractivity contribution is -0.161. The maximum absolute atomic E-state index is 13.6. The van der Waals surface area contributed by atoms with Gasteiger partial charge in [0.2, 0.25) is 5.91 Å². The summed E-state index contributed by atoms with van der Waals surface area (Å²) in [7, 11) is 0. The molecule has 2 N–H and O–H groups in total. The van der Waals surface area contributed by atoms with E-state index in [1.54, 1.807) is 0 Å². The lowest BCUT2D eigenvalue weighted by Gasteiger charge is -2.60. The molecule has 2 aromatic rings. The Hall–Kier alpha value is -3.35. The minimum Gasteiger partial charge on any atom is -0.480 e. The Morgan fingerprint density at radius 3 is 2.17 bits per heavy atom. The average Bonchev–Trinajstić information content (AvgIpc) is 3.42. The Balaban J connectivity index is 1.18. The zero-order chi connectivity index (χ0) is 24.2. The number of carbonyl (C=O) groups excluding carboxylic acids is 2. The van der Waals surface area contributed by atoms with Gasteiger partial charge < -0.3 is 20.1 Å². The van der Waals surface area contributed by atoms with Crippen molar-refractivity contribution in [2.75, 3.05) is 13.2 Å². The van der Waals surface area contributed by atoms with Crippen LogP contribution in [-0.2, 0) is 14.3 Å². The second kappa shape index (κ2) is 8.11. The van der Waals surface area contributed by atoms with Gasteiger partial charge in [0.25, 0.3) is 0 Å². The molecule has 1 saturated heterocycles. The van der Waals surface area contributed by atoms with Crippen LogP contribution in [0.3, 0.4) is 0 Å². The molecule has 1 spiro atoms. The molecule has 182 valence electrons. The third-order valence-electron chi connectivity index (χ3n) is 8.66. The van der Waals surface area contributed by atoms with Gasteiger partial charge in [0.05, 0.1) is 0 Å². The van der Waals surface area contributed by atoms with Crippen LogP contribution in [0, 0.1) is 5.41 Å². The minimum absolute atomic E-state index is 0.0610. The molecule has 2 amide bonds. The van der Waals surface area contributed by atoms with Crippen molar-refractivity contribution in [2.24, 2.45) is 5.41 Å². The van der Waals surface area contributed by atoms with E-state index in [-0.39, 0.29) is 23.8 Å². The highest BCUT2D eigenvalue weighted by Crippen LogP contribution is 2.61. The first kappa shape index (κ1) is 22.1. The van der Waals surface area contributed by atoms with E-state index >= 15 is 0 Å². The molecule has 2 aromatic carbocycles. The summed E-state index contributed by atoms with van der Waals surface area (Å²) in [5.74, 6) is -1.31. The van der Waals surface area contributed by atoms with Crippen LogP contribution in [0.25, 0.3) is 11.1 Å². The van der Waals surface area contributed by atoms with E-state index in [0.717, 1.165) is 41.5 Å². The van der Waals surface area contributed by atoms with Crippen molar-refractivity contribution in [1.29, 1.82) is 0 Å². The lowest BCUT2D eigenvalue weighted by atomic mass is 9.48. The quantitative estimate of drug-likeness (QED) is 0.674. The second-order valence-corrected chi connectivity index (χ2v) is 10.7. The first-order valence-corrected chi connectivity index (χ1v) is 12.6. The third kappa shape index (κ3) is 3.51. The molecule has 0 aromatic heterocycles. The van der Waals surface area contributed by atoms with Gasteiger partial charge in [-0.3, -0.25) is 4.79 Å². The van der Waals surface area contributed by atoms with Gasteiger partial charge in [-0.1, -0.05) is 55.0 Å². The highest BCUT2D eigenvalue weighted by molar-refractivity contribution is 5.94. The van der Waals surface area contributed by atoms with Crippen LogP contribution >= 0.6 is 0 Å². The van der Waals surface area contributed by atoms with Crippen molar-refractivity contribution in [3.8, 4) is 11.1 Å². The molecule has 7 nitrogen and oxygen atoms in total. The number of fused-ring (bicyclic) bond motifs is 3. The molecule has 0 unspecified atom stereocenters. The number of rotatable bonds is 5. The molecule has 1 aliphatic heterocycles. The molecule has 2 saturated carbocycles. The highest BCUT2D eigenvalue weighted by Gasteiger charge is 2.63. The summed E-state index contributed by atoms with van der Waals surface area (Å²) in [4.78, 5) is 39.8. The van der Waals surface area contributed by atoms with Gasteiger partial charge in [-0.2, -0.15) is 0 Å². The first-order valence-electron chi connectivity index (χ1n) is 12.6. The van der Waals surface area contributed by atoms with E-state index in [0.29, 0.717) is 32.2 Å². The number of alkyl carbamates (subject to hydrolysis) is 1. The maximum atomic E-state index is 13.6. The molecule has 0 radical (unpaired) electrons. The smallest absolute Gasteiger partial charge is 0.408 e. The number of carbonyl (C=O) groups is 3. The predicted octanol–water partition coefficient (Wildman–Crippen LogP) is 4.30. The number of nitrogens with one attached hydrogen (secondary N) is 1. The number of benzene rings is 2. The number of ether oxygens (including phenoxy) is 1.